The molecule has 0 aliphatic heterocycles. The van der Waals surface area contributed by atoms with Gasteiger partial charge in [0, 0.05) is 12.6 Å². The van der Waals surface area contributed by atoms with Gasteiger partial charge in [-0.15, -0.1) is 0 Å². The molecule has 0 aliphatic carbocycles. The molecule has 0 rings (SSSR count). The van der Waals surface area contributed by atoms with Crippen molar-refractivity contribution in [2.45, 2.75) is 0 Å². The molecule has 0 amide bonds. The third kappa shape index (κ3) is 5.27. The minimum absolute atomic E-state index is 0.0535. The van der Waals surface area contributed by atoms with Crippen molar-refractivity contribution in [2.24, 2.45) is 5.73 Å². The Morgan fingerprint density at radius 3 is 2.90 bits per heavy atom. The summed E-state index contributed by atoms with van der Waals surface area (Å²) in [4.78, 5) is 10.3. The Hall–Kier alpha value is -0.870. The van der Waals surface area contributed by atoms with Crippen LogP contribution in [0.25, 0.3) is 0 Å². The molecule has 2 N–H and O–H groups in total. The van der Waals surface area contributed by atoms with E-state index in [0.717, 1.165) is 6.08 Å². The van der Waals surface area contributed by atoms with Crippen molar-refractivity contribution in [1.82, 2.24) is 0 Å². The van der Waals surface area contributed by atoms with Crippen LogP contribution in [0, 0.1) is 0 Å². The van der Waals surface area contributed by atoms with Crippen LogP contribution in [-0.2, 0) is 14.3 Å². The van der Waals surface area contributed by atoms with Gasteiger partial charge < -0.3 is 15.2 Å². The third-order valence-corrected chi connectivity index (χ3v) is 0.713. The zero-order valence-corrected chi connectivity index (χ0v) is 5.71. The van der Waals surface area contributed by atoms with Gasteiger partial charge in [-0.05, 0) is 0 Å². The second-order valence-corrected chi connectivity index (χ2v) is 1.48. The van der Waals surface area contributed by atoms with Crippen LogP contribution in [0.1, 0.15) is 0 Å². The number of ether oxygens (including phenoxy) is 2. The number of carbonyl (C=O) groups excluding carboxylic acids is 1. The molecule has 0 aromatic rings. The van der Waals surface area contributed by atoms with E-state index in [9.17, 15) is 4.79 Å². The Morgan fingerprint density at radius 1 is 1.70 bits per heavy atom. The van der Waals surface area contributed by atoms with Crippen molar-refractivity contribution in [1.29, 1.82) is 0 Å². The molecule has 0 aliphatic rings. The largest absolute Gasteiger partial charge is 0.435 e. The van der Waals surface area contributed by atoms with E-state index in [2.05, 4.69) is 11.3 Å². The van der Waals surface area contributed by atoms with Crippen molar-refractivity contribution in [3.05, 3.63) is 12.7 Å². The van der Waals surface area contributed by atoms with E-state index in [0.29, 0.717) is 13.2 Å². The van der Waals surface area contributed by atoms with Gasteiger partial charge >= 0.3 is 5.97 Å². The monoisotopic (exact) mass is 145 g/mol. The molecule has 0 aromatic carbocycles. The summed E-state index contributed by atoms with van der Waals surface area (Å²) >= 11 is 0. The first-order valence-corrected chi connectivity index (χ1v) is 2.88. The number of hydrogen-bond acceptors (Lipinski definition) is 4. The van der Waals surface area contributed by atoms with Crippen LogP contribution >= 0.6 is 0 Å². The minimum atomic E-state index is -0.489. The van der Waals surface area contributed by atoms with Crippen molar-refractivity contribution < 1.29 is 14.3 Å². The maximum Gasteiger partial charge on any atom is 0.332 e. The van der Waals surface area contributed by atoms with Gasteiger partial charge in [-0.25, -0.2) is 4.79 Å². The lowest BCUT2D eigenvalue weighted by Gasteiger charge is -2.00. The number of nitrogens with two attached hydrogens (primary N) is 1. The van der Waals surface area contributed by atoms with E-state index in [-0.39, 0.29) is 6.79 Å². The molecule has 4 heteroatoms. The fourth-order valence-electron chi connectivity index (χ4n) is 0.301. The molecular weight excluding hydrogens is 134 g/mol. The molecule has 0 unspecified atom stereocenters. The number of carbonyl (C=O) groups is 1. The summed E-state index contributed by atoms with van der Waals surface area (Å²) in [5.74, 6) is -0.489. The molecule has 0 fully saturated rings. The average molecular weight is 145 g/mol. The maximum atomic E-state index is 10.3. The van der Waals surface area contributed by atoms with Crippen LogP contribution in [0.4, 0.5) is 0 Å². The fourth-order valence-corrected chi connectivity index (χ4v) is 0.301. The second-order valence-electron chi connectivity index (χ2n) is 1.48. The van der Waals surface area contributed by atoms with Crippen molar-refractivity contribution in [3.8, 4) is 0 Å². The van der Waals surface area contributed by atoms with Crippen LogP contribution in [0.2, 0.25) is 0 Å². The molecule has 10 heavy (non-hydrogen) atoms. The van der Waals surface area contributed by atoms with Crippen LogP contribution in [-0.4, -0.2) is 25.9 Å². The average Bonchev–Trinajstić information content (AvgIpc) is 1.98. The molecule has 58 valence electrons. The normalized spacial score (nSPS) is 8.90. The number of esters is 1. The molecular formula is C6H11NO3. The van der Waals surface area contributed by atoms with Crippen LogP contribution in [0.15, 0.2) is 12.7 Å². The van der Waals surface area contributed by atoms with Crippen LogP contribution in [0.3, 0.4) is 0 Å². The summed E-state index contributed by atoms with van der Waals surface area (Å²) in [6.45, 7) is 3.97. The third-order valence-electron chi connectivity index (χ3n) is 0.713. The summed E-state index contributed by atoms with van der Waals surface area (Å²) in [5, 5.41) is 0. The zero-order valence-electron chi connectivity index (χ0n) is 5.71. The zero-order chi connectivity index (χ0) is 7.82. The standard InChI is InChI=1S/C6H11NO3/c1-2-6(8)10-5-9-4-3-7/h2H,1,3-5,7H2. The Balaban J connectivity index is 3.03. The predicted molar refractivity (Wildman–Crippen MR) is 36.2 cm³/mol. The minimum Gasteiger partial charge on any atom is -0.435 e. The summed E-state index contributed by atoms with van der Waals surface area (Å²) in [6, 6.07) is 0. The van der Waals surface area contributed by atoms with Crippen LogP contribution in [0.5, 0.6) is 0 Å². The Morgan fingerprint density at radius 2 is 2.40 bits per heavy atom. The molecule has 0 saturated carbocycles. The summed E-state index contributed by atoms with van der Waals surface area (Å²) in [6.07, 6.45) is 1.08. The Labute approximate surface area is 59.6 Å². The molecule has 0 bridgehead atoms. The highest BCUT2D eigenvalue weighted by Gasteiger charge is 1.92. The maximum absolute atomic E-state index is 10.3. The van der Waals surface area contributed by atoms with Gasteiger partial charge in [0.25, 0.3) is 0 Å². The second kappa shape index (κ2) is 6.25. The van der Waals surface area contributed by atoms with Gasteiger partial charge in [-0.1, -0.05) is 6.58 Å². The molecule has 0 spiro atoms. The highest BCUT2D eigenvalue weighted by atomic mass is 16.7. The van der Waals surface area contributed by atoms with E-state index in [1.54, 1.807) is 0 Å². The number of hydrogen-bond donors (Lipinski definition) is 1. The fraction of sp³-hybridized carbons (Fsp3) is 0.500. The van der Waals surface area contributed by atoms with Gasteiger partial charge in [0.2, 0.25) is 0 Å². The van der Waals surface area contributed by atoms with E-state index in [1.165, 1.54) is 0 Å². The molecule has 0 atom stereocenters. The predicted octanol–water partition coefficient (Wildman–Crippen LogP) is -0.352. The summed E-state index contributed by atoms with van der Waals surface area (Å²) in [5.41, 5.74) is 5.09. The lowest BCUT2D eigenvalue weighted by molar-refractivity contribution is -0.149. The Bertz CT molecular complexity index is 114. The van der Waals surface area contributed by atoms with E-state index in [4.69, 9.17) is 10.5 Å². The van der Waals surface area contributed by atoms with Gasteiger partial charge in [0.15, 0.2) is 6.79 Å². The molecule has 0 radical (unpaired) electrons. The quantitative estimate of drug-likeness (QED) is 0.248. The van der Waals surface area contributed by atoms with Crippen molar-refractivity contribution >= 4 is 5.97 Å². The van der Waals surface area contributed by atoms with E-state index >= 15 is 0 Å². The van der Waals surface area contributed by atoms with Gasteiger partial charge in [0.05, 0.1) is 6.61 Å². The van der Waals surface area contributed by atoms with Crippen LogP contribution < -0.4 is 5.73 Å². The summed E-state index contributed by atoms with van der Waals surface area (Å²) < 4.78 is 9.20. The highest BCUT2D eigenvalue weighted by Crippen LogP contribution is 1.79. The Kier molecular flexibility index (Phi) is 5.71. The first kappa shape index (κ1) is 9.13. The lowest BCUT2D eigenvalue weighted by Crippen LogP contribution is -2.12. The van der Waals surface area contributed by atoms with Gasteiger partial charge in [-0.2, -0.15) is 0 Å². The first-order valence-electron chi connectivity index (χ1n) is 2.88. The van der Waals surface area contributed by atoms with Gasteiger partial charge in [-0.3, -0.25) is 0 Å². The van der Waals surface area contributed by atoms with E-state index in [1.807, 2.05) is 0 Å². The van der Waals surface area contributed by atoms with E-state index < -0.39 is 5.97 Å². The molecule has 4 nitrogen and oxygen atoms in total. The first-order chi connectivity index (χ1) is 4.81. The number of rotatable bonds is 5. The molecule has 0 aromatic heterocycles. The van der Waals surface area contributed by atoms with Crippen molar-refractivity contribution in [3.63, 3.8) is 0 Å². The smallest absolute Gasteiger partial charge is 0.332 e. The van der Waals surface area contributed by atoms with Crippen molar-refractivity contribution in [2.75, 3.05) is 19.9 Å². The molecule has 0 saturated heterocycles. The topological polar surface area (TPSA) is 61.5 Å². The lowest BCUT2D eigenvalue weighted by atomic mass is 10.7. The SMILES string of the molecule is C=CC(=O)OCOCCN. The highest BCUT2D eigenvalue weighted by molar-refractivity contribution is 5.81. The summed E-state index contributed by atoms with van der Waals surface area (Å²) in [7, 11) is 0. The van der Waals surface area contributed by atoms with Gasteiger partial charge in [0.1, 0.15) is 0 Å². The molecule has 0 heterocycles.